The molecule has 2 aromatic rings. The number of thiophene rings is 1. The van der Waals surface area contributed by atoms with E-state index >= 15 is 0 Å². The van der Waals surface area contributed by atoms with Gasteiger partial charge in [0, 0.05) is 16.9 Å². The number of benzene rings is 1. The molecule has 1 N–H and O–H groups in total. The lowest BCUT2D eigenvalue weighted by molar-refractivity contribution is -0.118. The van der Waals surface area contributed by atoms with Gasteiger partial charge in [-0.2, -0.15) is 11.3 Å². The van der Waals surface area contributed by atoms with Crippen molar-refractivity contribution in [1.29, 1.82) is 0 Å². The highest BCUT2D eigenvalue weighted by Crippen LogP contribution is 2.48. The average Bonchev–Trinajstić information content (AvgIpc) is 3.08. The number of carbonyl (C=O) groups is 1. The van der Waals surface area contributed by atoms with Crippen LogP contribution in [0.25, 0.3) is 0 Å². The number of hydrogen-bond acceptors (Lipinski definition) is 3. The number of thioether (sulfide) groups is 1. The van der Waals surface area contributed by atoms with Crippen LogP contribution in [0.5, 0.6) is 0 Å². The summed E-state index contributed by atoms with van der Waals surface area (Å²) in [4.78, 5) is 12.8. The normalized spacial score (nSPS) is 15.7. The number of rotatable bonds is 6. The standard InChI is InChI=1S/C16H16FNOS2/c17-13-1-3-14(4-2-13)21-10-15(19)18-11-16(6-7-16)12-5-8-20-9-12/h1-5,8-9H,6-7,10-11H2,(H,18,19). The second-order valence-electron chi connectivity index (χ2n) is 5.31. The summed E-state index contributed by atoms with van der Waals surface area (Å²) in [6.45, 7) is 0.715. The lowest BCUT2D eigenvalue weighted by Gasteiger charge is -2.14. The van der Waals surface area contributed by atoms with Crippen LogP contribution in [0.3, 0.4) is 0 Å². The second-order valence-corrected chi connectivity index (χ2v) is 7.14. The Labute approximate surface area is 131 Å². The minimum absolute atomic E-state index is 0.0332. The molecule has 1 heterocycles. The molecule has 0 unspecified atom stereocenters. The molecule has 0 spiro atoms. The van der Waals surface area contributed by atoms with E-state index in [1.807, 2.05) is 0 Å². The Balaban J connectivity index is 1.46. The Morgan fingerprint density at radius 3 is 2.67 bits per heavy atom. The van der Waals surface area contributed by atoms with Crippen LogP contribution in [-0.4, -0.2) is 18.2 Å². The number of carbonyl (C=O) groups excluding carboxylic acids is 1. The summed E-state index contributed by atoms with van der Waals surface area (Å²) in [6.07, 6.45) is 2.30. The molecule has 1 saturated carbocycles. The molecule has 0 bridgehead atoms. The quantitative estimate of drug-likeness (QED) is 0.819. The number of nitrogens with one attached hydrogen (secondary N) is 1. The molecule has 0 radical (unpaired) electrons. The average molecular weight is 321 g/mol. The lowest BCUT2D eigenvalue weighted by atomic mass is 9.99. The van der Waals surface area contributed by atoms with Gasteiger partial charge in [0.2, 0.25) is 5.91 Å². The molecule has 1 fully saturated rings. The molecule has 3 rings (SSSR count). The van der Waals surface area contributed by atoms with Crippen molar-refractivity contribution in [1.82, 2.24) is 5.32 Å². The van der Waals surface area contributed by atoms with Gasteiger partial charge in [-0.3, -0.25) is 4.79 Å². The van der Waals surface area contributed by atoms with E-state index in [2.05, 4.69) is 22.1 Å². The Hall–Kier alpha value is -1.33. The highest BCUT2D eigenvalue weighted by molar-refractivity contribution is 8.00. The smallest absolute Gasteiger partial charge is 0.230 e. The van der Waals surface area contributed by atoms with Crippen LogP contribution in [0.2, 0.25) is 0 Å². The molecule has 1 aromatic carbocycles. The van der Waals surface area contributed by atoms with Crippen molar-refractivity contribution < 1.29 is 9.18 Å². The van der Waals surface area contributed by atoms with Crippen molar-refractivity contribution >= 4 is 29.0 Å². The zero-order chi connectivity index (χ0) is 14.7. The van der Waals surface area contributed by atoms with Crippen LogP contribution in [-0.2, 0) is 10.2 Å². The molecular formula is C16H16FNOS2. The summed E-state index contributed by atoms with van der Waals surface area (Å²) in [5, 5.41) is 7.28. The zero-order valence-electron chi connectivity index (χ0n) is 11.5. The van der Waals surface area contributed by atoms with Gasteiger partial charge >= 0.3 is 0 Å². The maximum Gasteiger partial charge on any atom is 0.230 e. The maximum absolute atomic E-state index is 12.8. The topological polar surface area (TPSA) is 29.1 Å². The maximum atomic E-state index is 12.8. The van der Waals surface area contributed by atoms with Crippen molar-refractivity contribution in [2.75, 3.05) is 12.3 Å². The van der Waals surface area contributed by atoms with E-state index in [1.54, 1.807) is 23.5 Å². The van der Waals surface area contributed by atoms with Crippen molar-refractivity contribution in [3.05, 3.63) is 52.5 Å². The fourth-order valence-electron chi connectivity index (χ4n) is 2.28. The molecular weight excluding hydrogens is 305 g/mol. The summed E-state index contributed by atoms with van der Waals surface area (Å²) < 4.78 is 12.8. The van der Waals surface area contributed by atoms with Crippen LogP contribution in [0.1, 0.15) is 18.4 Å². The molecule has 1 aliphatic carbocycles. The molecule has 0 atom stereocenters. The van der Waals surface area contributed by atoms with Crippen LogP contribution >= 0.6 is 23.1 Å². The Bertz CT molecular complexity index is 606. The molecule has 21 heavy (non-hydrogen) atoms. The summed E-state index contributed by atoms with van der Waals surface area (Å²) in [7, 11) is 0. The van der Waals surface area contributed by atoms with Crippen LogP contribution in [0.15, 0.2) is 46.0 Å². The zero-order valence-corrected chi connectivity index (χ0v) is 13.1. The van der Waals surface area contributed by atoms with E-state index < -0.39 is 0 Å². The first kappa shape index (κ1) is 14.6. The molecule has 0 saturated heterocycles. The van der Waals surface area contributed by atoms with Gasteiger partial charge in [-0.15, -0.1) is 11.8 Å². The van der Waals surface area contributed by atoms with Gasteiger partial charge in [-0.1, -0.05) is 0 Å². The van der Waals surface area contributed by atoms with Gasteiger partial charge in [0.15, 0.2) is 0 Å². The molecule has 5 heteroatoms. The highest BCUT2D eigenvalue weighted by atomic mass is 32.2. The highest BCUT2D eigenvalue weighted by Gasteiger charge is 2.44. The van der Waals surface area contributed by atoms with Crippen molar-refractivity contribution in [3.8, 4) is 0 Å². The number of halogens is 1. The second kappa shape index (κ2) is 6.20. The van der Waals surface area contributed by atoms with Crippen molar-refractivity contribution in [2.45, 2.75) is 23.2 Å². The van der Waals surface area contributed by atoms with Gasteiger partial charge in [0.25, 0.3) is 0 Å². The van der Waals surface area contributed by atoms with E-state index in [0.717, 1.165) is 17.7 Å². The summed E-state index contributed by atoms with van der Waals surface area (Å²) in [5.74, 6) is 0.145. The van der Waals surface area contributed by atoms with Gasteiger partial charge in [0.05, 0.1) is 5.75 Å². The fourth-order valence-corrected chi connectivity index (χ4v) is 3.79. The molecule has 1 aliphatic rings. The number of amides is 1. The van der Waals surface area contributed by atoms with E-state index in [1.165, 1.54) is 29.5 Å². The fraction of sp³-hybridized carbons (Fsp3) is 0.312. The Kier molecular flexibility index (Phi) is 4.31. The monoisotopic (exact) mass is 321 g/mol. The van der Waals surface area contributed by atoms with Crippen molar-refractivity contribution in [3.63, 3.8) is 0 Å². The van der Waals surface area contributed by atoms with E-state index in [0.29, 0.717) is 12.3 Å². The predicted octanol–water partition coefficient (Wildman–Crippen LogP) is 3.83. The molecule has 1 amide bonds. The first-order valence-electron chi connectivity index (χ1n) is 6.86. The molecule has 2 nitrogen and oxygen atoms in total. The lowest BCUT2D eigenvalue weighted by Crippen LogP contribution is -2.33. The van der Waals surface area contributed by atoms with Gasteiger partial charge in [-0.05, 0) is 59.5 Å². The first-order valence-corrected chi connectivity index (χ1v) is 8.79. The van der Waals surface area contributed by atoms with Crippen molar-refractivity contribution in [2.24, 2.45) is 0 Å². The third-order valence-corrected chi connectivity index (χ3v) is 5.49. The third kappa shape index (κ3) is 3.66. The molecule has 0 aliphatic heterocycles. The summed E-state index contributed by atoms with van der Waals surface area (Å²) >= 11 is 3.13. The Morgan fingerprint density at radius 2 is 2.05 bits per heavy atom. The van der Waals surface area contributed by atoms with Crippen LogP contribution in [0, 0.1) is 5.82 Å². The number of hydrogen-bond donors (Lipinski definition) is 1. The third-order valence-electron chi connectivity index (χ3n) is 3.79. The SMILES string of the molecule is O=C(CSc1ccc(F)cc1)NCC1(c2ccsc2)CC1. The van der Waals surface area contributed by atoms with Gasteiger partial charge in [-0.25, -0.2) is 4.39 Å². The molecule has 110 valence electrons. The summed E-state index contributed by atoms with van der Waals surface area (Å²) in [5.41, 5.74) is 1.52. The molecule has 1 aromatic heterocycles. The minimum Gasteiger partial charge on any atom is -0.354 e. The minimum atomic E-state index is -0.254. The van der Waals surface area contributed by atoms with E-state index in [9.17, 15) is 9.18 Å². The van der Waals surface area contributed by atoms with Gasteiger partial charge in [0.1, 0.15) is 5.82 Å². The van der Waals surface area contributed by atoms with E-state index in [-0.39, 0.29) is 17.1 Å². The largest absolute Gasteiger partial charge is 0.354 e. The van der Waals surface area contributed by atoms with Crippen LogP contribution in [0.4, 0.5) is 4.39 Å². The van der Waals surface area contributed by atoms with Crippen LogP contribution < -0.4 is 5.32 Å². The Morgan fingerprint density at radius 1 is 1.29 bits per heavy atom. The summed E-state index contributed by atoms with van der Waals surface area (Å²) in [6, 6.07) is 8.37. The van der Waals surface area contributed by atoms with E-state index in [4.69, 9.17) is 0 Å². The first-order chi connectivity index (χ1) is 10.2. The van der Waals surface area contributed by atoms with Gasteiger partial charge < -0.3 is 5.32 Å². The predicted molar refractivity (Wildman–Crippen MR) is 85.4 cm³/mol.